The van der Waals surface area contributed by atoms with Crippen molar-refractivity contribution in [1.82, 2.24) is 4.90 Å². The maximum absolute atomic E-state index is 12.7. The first-order chi connectivity index (χ1) is 31.1. The van der Waals surface area contributed by atoms with Gasteiger partial charge in [0, 0.05) is 32.2 Å². The zero-order chi connectivity index (χ0) is 47.1. The molecule has 0 aliphatic heterocycles. The fraction of sp³-hybridized carbons (Fsp3) is 0.927. The monoisotopic (exact) mass is 908 g/mol. The van der Waals surface area contributed by atoms with Crippen LogP contribution in [0.1, 0.15) is 285 Å². The molecule has 0 saturated carbocycles. The number of likely N-dealkylation sites (N-methyl/N-ethyl adjacent to an activating group) is 1. The molecule has 9 nitrogen and oxygen atoms in total. The van der Waals surface area contributed by atoms with Crippen LogP contribution in [0, 0.1) is 0 Å². The van der Waals surface area contributed by atoms with Gasteiger partial charge in [-0.1, -0.05) is 182 Å². The van der Waals surface area contributed by atoms with Gasteiger partial charge in [0.05, 0.1) is 0 Å². The lowest BCUT2D eigenvalue weighted by atomic mass is 10.0. The molecule has 0 rings (SSSR count). The van der Waals surface area contributed by atoms with Crippen LogP contribution in [-0.4, -0.2) is 74.3 Å². The average Bonchev–Trinajstić information content (AvgIpc) is 3.26. The lowest BCUT2D eigenvalue weighted by molar-refractivity contribution is -0.160. The van der Waals surface area contributed by atoms with E-state index in [1.807, 2.05) is 19.0 Å². The fourth-order valence-corrected chi connectivity index (χ4v) is 8.44. The second-order valence-corrected chi connectivity index (χ2v) is 19.3. The van der Waals surface area contributed by atoms with Crippen molar-refractivity contribution in [2.45, 2.75) is 303 Å². The van der Waals surface area contributed by atoms with Crippen molar-refractivity contribution in [3.8, 4) is 0 Å². The molecular formula is C55H105NO8. The number of carbonyl (C=O) groups excluding carboxylic acids is 4. The van der Waals surface area contributed by atoms with E-state index in [1.165, 1.54) is 103 Å². The van der Waals surface area contributed by atoms with E-state index >= 15 is 0 Å². The number of hydrogen-bond acceptors (Lipinski definition) is 9. The van der Waals surface area contributed by atoms with Crippen LogP contribution in [0.5, 0.6) is 0 Å². The summed E-state index contributed by atoms with van der Waals surface area (Å²) in [4.78, 5) is 52.4. The Balaban J connectivity index is 4.20. The molecular weight excluding hydrogens is 803 g/mol. The fourth-order valence-electron chi connectivity index (χ4n) is 8.44. The number of esters is 4. The van der Waals surface area contributed by atoms with Gasteiger partial charge in [-0.15, -0.1) is 0 Å². The summed E-state index contributed by atoms with van der Waals surface area (Å²) < 4.78 is 23.2. The van der Waals surface area contributed by atoms with E-state index in [-0.39, 0.29) is 42.7 Å². The summed E-state index contributed by atoms with van der Waals surface area (Å²) in [6, 6.07) is 0. The van der Waals surface area contributed by atoms with Crippen molar-refractivity contribution in [2.75, 3.05) is 27.2 Å². The van der Waals surface area contributed by atoms with E-state index in [1.54, 1.807) is 0 Å². The molecule has 0 aromatic carbocycles. The molecule has 0 aromatic rings. The minimum atomic E-state index is -0.494. The molecule has 3 unspecified atom stereocenters. The Morgan fingerprint density at radius 3 is 0.891 bits per heavy atom. The third-order valence-corrected chi connectivity index (χ3v) is 12.4. The normalized spacial score (nSPS) is 12.9. The van der Waals surface area contributed by atoms with Crippen molar-refractivity contribution in [1.29, 1.82) is 0 Å². The largest absolute Gasteiger partial charge is 0.462 e. The second kappa shape index (κ2) is 47.3. The Hall–Kier alpha value is -2.16. The molecule has 0 fully saturated rings. The molecule has 0 spiro atoms. The smallest absolute Gasteiger partial charge is 0.306 e. The zero-order valence-electron chi connectivity index (χ0n) is 43.1. The van der Waals surface area contributed by atoms with Crippen LogP contribution < -0.4 is 0 Å². The van der Waals surface area contributed by atoms with Gasteiger partial charge in [-0.2, -0.15) is 0 Å². The van der Waals surface area contributed by atoms with Gasteiger partial charge in [0.1, 0.15) is 24.9 Å². The third kappa shape index (κ3) is 43.7. The Kier molecular flexibility index (Phi) is 45.7. The van der Waals surface area contributed by atoms with Crippen molar-refractivity contribution < 1.29 is 38.1 Å². The van der Waals surface area contributed by atoms with Crippen LogP contribution in [-0.2, 0) is 38.1 Å². The minimum Gasteiger partial charge on any atom is -0.462 e. The van der Waals surface area contributed by atoms with E-state index in [2.05, 4.69) is 27.7 Å². The summed E-state index contributed by atoms with van der Waals surface area (Å²) in [5.74, 6) is -0.586. The molecule has 0 heterocycles. The number of rotatable bonds is 49. The molecule has 3 atom stereocenters. The van der Waals surface area contributed by atoms with Gasteiger partial charge in [-0.25, -0.2) is 0 Å². The van der Waals surface area contributed by atoms with Gasteiger partial charge in [0.2, 0.25) is 0 Å². The first-order valence-corrected chi connectivity index (χ1v) is 27.5. The summed E-state index contributed by atoms with van der Waals surface area (Å²) in [6.45, 7) is 9.50. The van der Waals surface area contributed by atoms with E-state index in [4.69, 9.17) is 18.9 Å². The highest BCUT2D eigenvalue weighted by molar-refractivity contribution is 5.70. The van der Waals surface area contributed by atoms with Crippen molar-refractivity contribution in [3.05, 3.63) is 0 Å². The molecule has 0 aromatic heterocycles. The number of nitrogens with zero attached hydrogens (tertiary/aromatic N) is 1. The Labute approximate surface area is 395 Å². The summed E-state index contributed by atoms with van der Waals surface area (Å²) >= 11 is 0. The van der Waals surface area contributed by atoms with E-state index in [0.29, 0.717) is 32.2 Å². The number of hydrogen-bond donors (Lipinski definition) is 0. The van der Waals surface area contributed by atoms with Gasteiger partial charge < -0.3 is 23.8 Å². The molecule has 9 heteroatoms. The molecule has 0 saturated heterocycles. The van der Waals surface area contributed by atoms with Crippen LogP contribution in [0.15, 0.2) is 0 Å². The zero-order valence-corrected chi connectivity index (χ0v) is 43.1. The summed E-state index contributed by atoms with van der Waals surface area (Å²) in [5.41, 5.74) is 0. The van der Waals surface area contributed by atoms with Crippen LogP contribution in [0.3, 0.4) is 0 Å². The van der Waals surface area contributed by atoms with Gasteiger partial charge in [-0.3, -0.25) is 19.2 Å². The highest BCUT2D eigenvalue weighted by Crippen LogP contribution is 2.20. The maximum Gasteiger partial charge on any atom is 0.306 e. The van der Waals surface area contributed by atoms with Crippen LogP contribution >= 0.6 is 0 Å². The predicted molar refractivity (Wildman–Crippen MR) is 267 cm³/mol. The van der Waals surface area contributed by atoms with Gasteiger partial charge in [0.25, 0.3) is 0 Å². The second-order valence-electron chi connectivity index (χ2n) is 19.3. The first-order valence-electron chi connectivity index (χ1n) is 27.5. The van der Waals surface area contributed by atoms with E-state index in [0.717, 1.165) is 128 Å². The highest BCUT2D eigenvalue weighted by atomic mass is 16.6. The Bertz CT molecular complexity index is 1070. The molecule has 0 aliphatic carbocycles. The lowest BCUT2D eigenvalue weighted by Gasteiger charge is -2.21. The van der Waals surface area contributed by atoms with Gasteiger partial charge in [0.15, 0.2) is 0 Å². The lowest BCUT2D eigenvalue weighted by Crippen LogP contribution is -2.34. The summed E-state index contributed by atoms with van der Waals surface area (Å²) in [6.07, 6.45) is 41.3. The molecule has 0 amide bonds. The summed E-state index contributed by atoms with van der Waals surface area (Å²) in [5, 5.41) is 0. The Morgan fingerprint density at radius 2 is 0.578 bits per heavy atom. The molecule has 64 heavy (non-hydrogen) atoms. The maximum atomic E-state index is 12.7. The van der Waals surface area contributed by atoms with Crippen LogP contribution in [0.4, 0.5) is 0 Å². The molecule has 0 bridgehead atoms. The summed E-state index contributed by atoms with van der Waals surface area (Å²) in [7, 11) is 3.83. The minimum absolute atomic E-state index is 0.0408. The standard InChI is InChI=1S/C55H105NO8/c1-7-11-15-19-25-33-41-49(39-31-17-13-9-3)62-53(58)44-36-28-22-21-27-35-43-52(57)61-48-51(47-56(5)6)64-55(60)46-38-30-24-23-29-37-45-54(59)63-50(40-32-18-14-10-4)42-34-26-20-16-12-8-2/h49-51H,7-48H2,1-6H3. The van der Waals surface area contributed by atoms with Crippen LogP contribution in [0.25, 0.3) is 0 Å². The van der Waals surface area contributed by atoms with Crippen molar-refractivity contribution in [3.63, 3.8) is 0 Å². The first kappa shape index (κ1) is 61.8. The number of unbranched alkanes of at least 4 members (excludes halogenated alkanes) is 26. The highest BCUT2D eigenvalue weighted by Gasteiger charge is 2.19. The van der Waals surface area contributed by atoms with Gasteiger partial charge in [-0.05, 0) is 91.1 Å². The topological polar surface area (TPSA) is 108 Å². The van der Waals surface area contributed by atoms with Crippen molar-refractivity contribution >= 4 is 23.9 Å². The van der Waals surface area contributed by atoms with E-state index < -0.39 is 6.10 Å². The number of carbonyl (C=O) groups is 4. The SMILES string of the molecule is CCCCCCCCC(CCCCCC)OC(=O)CCCCCCCCC(=O)OCC(CN(C)C)OC(=O)CCCCCCCCC(=O)OC(CCCCCC)CCCCCCCC. The van der Waals surface area contributed by atoms with E-state index in [9.17, 15) is 19.2 Å². The van der Waals surface area contributed by atoms with Crippen LogP contribution in [0.2, 0.25) is 0 Å². The molecule has 0 aliphatic rings. The predicted octanol–water partition coefficient (Wildman–Crippen LogP) is 15.5. The average molecular weight is 908 g/mol. The molecule has 0 N–H and O–H groups in total. The molecule has 378 valence electrons. The Morgan fingerprint density at radius 1 is 0.328 bits per heavy atom. The van der Waals surface area contributed by atoms with Gasteiger partial charge >= 0.3 is 23.9 Å². The van der Waals surface area contributed by atoms with Crippen molar-refractivity contribution in [2.24, 2.45) is 0 Å². The quantitative estimate of drug-likeness (QED) is 0.0335. The molecule has 0 radical (unpaired) electrons. The number of ether oxygens (including phenoxy) is 4. The third-order valence-electron chi connectivity index (χ3n) is 12.4.